The number of rotatable bonds is 8. The Morgan fingerprint density at radius 1 is 1.38 bits per heavy atom. The van der Waals surface area contributed by atoms with E-state index < -0.39 is 0 Å². The van der Waals surface area contributed by atoms with Gasteiger partial charge in [0, 0.05) is 12.2 Å². The summed E-state index contributed by atoms with van der Waals surface area (Å²) in [5.74, 6) is 1.17. The van der Waals surface area contributed by atoms with Gasteiger partial charge in [0.15, 0.2) is 0 Å². The fourth-order valence-corrected chi connectivity index (χ4v) is 2.51. The predicted molar refractivity (Wildman–Crippen MR) is 72.0 cm³/mol. The number of pyridine rings is 1. The molecule has 16 heavy (non-hydrogen) atoms. The van der Waals surface area contributed by atoms with Crippen LogP contribution >= 0.6 is 11.8 Å². The minimum atomic E-state index is 0.689. The van der Waals surface area contributed by atoms with Crippen LogP contribution in [0, 0.1) is 0 Å². The Balaban J connectivity index is 2.11. The quantitative estimate of drug-likeness (QED) is 0.555. The molecule has 2 nitrogen and oxygen atoms in total. The third-order valence-electron chi connectivity index (χ3n) is 2.57. The number of aromatic nitrogens is 1. The maximum absolute atomic E-state index is 4.30. The summed E-state index contributed by atoms with van der Waals surface area (Å²) in [6.07, 6.45) is 5.61. The topological polar surface area (TPSA) is 24.9 Å². The van der Waals surface area contributed by atoms with Gasteiger partial charge in [-0.1, -0.05) is 19.9 Å². The van der Waals surface area contributed by atoms with Gasteiger partial charge in [-0.3, -0.25) is 0 Å². The summed E-state index contributed by atoms with van der Waals surface area (Å²) in [5, 5.41) is 4.64. The average Bonchev–Trinajstić information content (AvgIpc) is 2.34. The zero-order chi connectivity index (χ0) is 11.6. The molecule has 0 fully saturated rings. The van der Waals surface area contributed by atoms with Crippen molar-refractivity contribution in [1.82, 2.24) is 10.3 Å². The molecule has 1 aromatic rings. The molecule has 1 atom stereocenters. The van der Waals surface area contributed by atoms with Crippen molar-refractivity contribution in [2.45, 2.75) is 44.2 Å². The third-order valence-corrected chi connectivity index (χ3v) is 3.60. The van der Waals surface area contributed by atoms with Crippen molar-refractivity contribution in [2.24, 2.45) is 0 Å². The van der Waals surface area contributed by atoms with Crippen LogP contribution in [0.5, 0.6) is 0 Å². The van der Waals surface area contributed by atoms with Gasteiger partial charge < -0.3 is 5.32 Å². The largest absolute Gasteiger partial charge is 0.314 e. The van der Waals surface area contributed by atoms with Crippen LogP contribution in [0.4, 0.5) is 0 Å². The van der Waals surface area contributed by atoms with Crippen LogP contribution in [0.3, 0.4) is 0 Å². The lowest BCUT2D eigenvalue weighted by molar-refractivity contribution is 0.477. The second-order valence-electron chi connectivity index (χ2n) is 3.82. The molecule has 0 aliphatic carbocycles. The summed E-state index contributed by atoms with van der Waals surface area (Å²) in [6, 6.07) is 6.77. The second-order valence-corrected chi connectivity index (χ2v) is 4.94. The summed E-state index contributed by atoms with van der Waals surface area (Å²) in [4.78, 5) is 4.30. The van der Waals surface area contributed by atoms with Gasteiger partial charge in [-0.05, 0) is 43.7 Å². The van der Waals surface area contributed by atoms with Gasteiger partial charge in [-0.25, -0.2) is 4.98 Å². The van der Waals surface area contributed by atoms with Crippen molar-refractivity contribution in [3.05, 3.63) is 24.4 Å². The Morgan fingerprint density at radius 3 is 2.88 bits per heavy atom. The van der Waals surface area contributed by atoms with Crippen LogP contribution in [0.2, 0.25) is 0 Å². The summed E-state index contributed by atoms with van der Waals surface area (Å²) in [5.41, 5.74) is 0. The minimum Gasteiger partial charge on any atom is -0.314 e. The van der Waals surface area contributed by atoms with Crippen LogP contribution in [-0.2, 0) is 0 Å². The van der Waals surface area contributed by atoms with Gasteiger partial charge in [0.05, 0.1) is 5.03 Å². The Morgan fingerprint density at radius 2 is 2.25 bits per heavy atom. The Kier molecular flexibility index (Phi) is 7.26. The molecule has 1 heterocycles. The molecule has 0 radical (unpaired) electrons. The fraction of sp³-hybridized carbons (Fsp3) is 0.615. The maximum Gasteiger partial charge on any atom is 0.0959 e. The Hall–Kier alpha value is -0.540. The van der Waals surface area contributed by atoms with E-state index in [-0.39, 0.29) is 0 Å². The van der Waals surface area contributed by atoms with Crippen molar-refractivity contribution < 1.29 is 0 Å². The molecule has 1 N–H and O–H groups in total. The van der Waals surface area contributed by atoms with Gasteiger partial charge in [-0.15, -0.1) is 11.8 Å². The molecule has 0 aliphatic heterocycles. The van der Waals surface area contributed by atoms with E-state index in [9.17, 15) is 0 Å². The first kappa shape index (κ1) is 13.5. The number of hydrogen-bond donors (Lipinski definition) is 1. The number of thioether (sulfide) groups is 1. The normalized spacial score (nSPS) is 12.6. The minimum absolute atomic E-state index is 0.689. The monoisotopic (exact) mass is 238 g/mol. The van der Waals surface area contributed by atoms with Gasteiger partial charge >= 0.3 is 0 Å². The van der Waals surface area contributed by atoms with Gasteiger partial charge in [0.2, 0.25) is 0 Å². The SMILES string of the molecule is CCNC(CC)CCCSc1ccccn1. The van der Waals surface area contributed by atoms with Gasteiger partial charge in [0.1, 0.15) is 0 Å². The van der Waals surface area contributed by atoms with Crippen molar-refractivity contribution in [3.8, 4) is 0 Å². The molecule has 0 aliphatic rings. The van der Waals surface area contributed by atoms with Gasteiger partial charge in [0.25, 0.3) is 0 Å². The highest BCUT2D eigenvalue weighted by atomic mass is 32.2. The highest BCUT2D eigenvalue weighted by Crippen LogP contribution is 2.16. The molecule has 0 saturated carbocycles. The molecule has 0 bridgehead atoms. The summed E-state index contributed by atoms with van der Waals surface area (Å²) in [7, 11) is 0. The first-order chi connectivity index (χ1) is 7.86. The zero-order valence-electron chi connectivity index (χ0n) is 10.3. The molecule has 0 amide bonds. The number of nitrogens with one attached hydrogen (secondary N) is 1. The lowest BCUT2D eigenvalue weighted by atomic mass is 10.1. The van der Waals surface area contributed by atoms with Crippen LogP contribution in [0.1, 0.15) is 33.1 Å². The van der Waals surface area contributed by atoms with Crippen LogP contribution < -0.4 is 5.32 Å². The Bertz CT molecular complexity index is 264. The third kappa shape index (κ3) is 5.52. The number of nitrogens with zero attached hydrogens (tertiary/aromatic N) is 1. The molecule has 1 rings (SSSR count). The van der Waals surface area contributed by atoms with E-state index in [1.54, 1.807) is 0 Å². The second kappa shape index (κ2) is 8.59. The summed E-state index contributed by atoms with van der Waals surface area (Å²) >= 11 is 1.85. The van der Waals surface area contributed by atoms with Crippen molar-refractivity contribution in [2.75, 3.05) is 12.3 Å². The van der Waals surface area contributed by atoms with Crippen LogP contribution in [0.15, 0.2) is 29.4 Å². The fourth-order valence-electron chi connectivity index (χ4n) is 1.68. The summed E-state index contributed by atoms with van der Waals surface area (Å²) < 4.78 is 0. The molecular weight excluding hydrogens is 216 g/mol. The van der Waals surface area contributed by atoms with E-state index in [2.05, 4.69) is 30.2 Å². The van der Waals surface area contributed by atoms with Crippen molar-refractivity contribution in [1.29, 1.82) is 0 Å². The smallest absolute Gasteiger partial charge is 0.0959 e. The van der Waals surface area contributed by atoms with E-state index >= 15 is 0 Å². The first-order valence-electron chi connectivity index (χ1n) is 6.14. The highest BCUT2D eigenvalue weighted by Gasteiger charge is 2.03. The lowest BCUT2D eigenvalue weighted by Gasteiger charge is -2.14. The van der Waals surface area contributed by atoms with E-state index in [0.717, 1.165) is 11.6 Å². The van der Waals surface area contributed by atoms with E-state index in [0.29, 0.717) is 6.04 Å². The van der Waals surface area contributed by atoms with Crippen molar-refractivity contribution >= 4 is 11.8 Å². The van der Waals surface area contributed by atoms with Crippen molar-refractivity contribution in [3.63, 3.8) is 0 Å². The molecule has 90 valence electrons. The van der Waals surface area contributed by atoms with E-state index in [4.69, 9.17) is 0 Å². The van der Waals surface area contributed by atoms with Crippen LogP contribution in [0.25, 0.3) is 0 Å². The first-order valence-corrected chi connectivity index (χ1v) is 7.12. The average molecular weight is 238 g/mol. The highest BCUT2D eigenvalue weighted by molar-refractivity contribution is 7.99. The molecule has 0 aromatic carbocycles. The molecule has 3 heteroatoms. The molecular formula is C13H22N2S. The molecule has 1 aromatic heterocycles. The molecule has 0 spiro atoms. The predicted octanol–water partition coefficient (Wildman–Crippen LogP) is 3.34. The van der Waals surface area contributed by atoms with Gasteiger partial charge in [-0.2, -0.15) is 0 Å². The molecule has 1 unspecified atom stereocenters. The van der Waals surface area contributed by atoms with E-state index in [1.807, 2.05) is 30.1 Å². The Labute approximate surface area is 103 Å². The lowest BCUT2D eigenvalue weighted by Crippen LogP contribution is -2.28. The maximum atomic E-state index is 4.30. The number of hydrogen-bond acceptors (Lipinski definition) is 3. The standard InChI is InChI=1S/C13H22N2S/c1-3-12(14-4-2)8-7-11-16-13-9-5-6-10-15-13/h5-6,9-10,12,14H,3-4,7-8,11H2,1-2H3. The van der Waals surface area contributed by atoms with E-state index in [1.165, 1.54) is 25.0 Å². The summed E-state index contributed by atoms with van der Waals surface area (Å²) in [6.45, 7) is 5.50. The van der Waals surface area contributed by atoms with Crippen LogP contribution in [-0.4, -0.2) is 23.3 Å². The zero-order valence-corrected chi connectivity index (χ0v) is 11.1. The molecule has 0 saturated heterocycles.